The molecule has 0 radical (unpaired) electrons. The number of thiol groups is 1. The van der Waals surface area contributed by atoms with Gasteiger partial charge in [-0.05, 0) is 52.9 Å². The molecule has 3 heteroatoms. The van der Waals surface area contributed by atoms with Crippen LogP contribution in [-0.4, -0.2) is 17.8 Å². The Balaban J connectivity index is 3.98. The van der Waals surface area contributed by atoms with Crippen LogP contribution in [0.3, 0.4) is 0 Å². The zero-order valence-electron chi connectivity index (χ0n) is 10.3. The lowest BCUT2D eigenvalue weighted by atomic mass is 9.96. The van der Waals surface area contributed by atoms with Crippen LogP contribution in [0.2, 0.25) is 0 Å². The molecule has 0 rings (SSSR count). The third-order valence-corrected chi connectivity index (χ3v) is 2.45. The van der Waals surface area contributed by atoms with Gasteiger partial charge in [0.05, 0.1) is 12.2 Å². The average molecular weight is 220 g/mol. The van der Waals surface area contributed by atoms with E-state index in [1.54, 1.807) is 0 Å². The maximum absolute atomic E-state index is 5.82. The number of rotatable bonds is 6. The summed E-state index contributed by atoms with van der Waals surface area (Å²) >= 11 is 3.82. The van der Waals surface area contributed by atoms with Gasteiger partial charge in [-0.3, -0.25) is 0 Å². The van der Waals surface area contributed by atoms with E-state index < -0.39 is 0 Å². The van der Waals surface area contributed by atoms with Crippen LogP contribution in [0.1, 0.15) is 48.0 Å². The van der Waals surface area contributed by atoms with E-state index in [1.165, 1.54) is 0 Å². The number of hydrogen-bond acceptors (Lipinski definition) is 3. The zero-order chi connectivity index (χ0) is 11.4. The molecule has 0 aliphatic rings. The van der Waals surface area contributed by atoms with Crippen molar-refractivity contribution in [1.29, 1.82) is 0 Å². The van der Waals surface area contributed by atoms with Gasteiger partial charge in [0.2, 0.25) is 0 Å². The molecule has 0 aromatic heterocycles. The van der Waals surface area contributed by atoms with Gasteiger partial charge in [0.1, 0.15) is 5.60 Å². The van der Waals surface area contributed by atoms with Crippen molar-refractivity contribution in [2.24, 2.45) is 5.92 Å². The summed E-state index contributed by atoms with van der Waals surface area (Å²) in [6, 6.07) is 0. The molecule has 0 spiro atoms. The first-order chi connectivity index (χ1) is 6.18. The summed E-state index contributed by atoms with van der Waals surface area (Å²) in [7, 11) is 0. The summed E-state index contributed by atoms with van der Waals surface area (Å²) in [5, 5.41) is 0. The maximum Gasteiger partial charge on any atom is 0.100 e. The van der Waals surface area contributed by atoms with E-state index in [9.17, 15) is 0 Å². The molecule has 0 saturated carbocycles. The predicted molar refractivity (Wildman–Crippen MR) is 63.6 cm³/mol. The second-order valence-corrected chi connectivity index (χ2v) is 5.68. The fraction of sp³-hybridized carbons (Fsp3) is 1.00. The van der Waals surface area contributed by atoms with Crippen LogP contribution >= 0.6 is 12.9 Å². The minimum atomic E-state index is -0.322. The van der Waals surface area contributed by atoms with Crippen molar-refractivity contribution in [3.8, 4) is 0 Å². The lowest BCUT2D eigenvalue weighted by molar-refractivity contribution is -0.0836. The normalized spacial score (nSPS) is 13.7. The van der Waals surface area contributed by atoms with Crippen LogP contribution in [0.25, 0.3) is 0 Å². The lowest BCUT2D eigenvalue weighted by Gasteiger charge is -2.31. The molecule has 0 saturated heterocycles. The van der Waals surface area contributed by atoms with Crippen LogP contribution in [0.4, 0.5) is 0 Å². The van der Waals surface area contributed by atoms with Gasteiger partial charge in [-0.15, -0.1) is 0 Å². The fourth-order valence-electron chi connectivity index (χ4n) is 1.44. The highest BCUT2D eigenvalue weighted by molar-refractivity contribution is 7.75. The van der Waals surface area contributed by atoms with E-state index in [4.69, 9.17) is 8.92 Å². The van der Waals surface area contributed by atoms with Gasteiger partial charge in [-0.25, -0.2) is 0 Å². The van der Waals surface area contributed by atoms with E-state index in [1.807, 2.05) is 13.8 Å². The smallest absolute Gasteiger partial charge is 0.100 e. The highest BCUT2D eigenvalue weighted by atomic mass is 32.1. The Morgan fingerprint density at radius 3 is 1.93 bits per heavy atom. The Kier molecular flexibility index (Phi) is 5.48. The van der Waals surface area contributed by atoms with Gasteiger partial charge < -0.3 is 8.92 Å². The molecule has 86 valence electrons. The van der Waals surface area contributed by atoms with Crippen molar-refractivity contribution in [2.45, 2.75) is 59.2 Å². The molecule has 0 aromatic rings. The molecule has 0 N–H and O–H groups in total. The highest BCUT2D eigenvalue weighted by Gasteiger charge is 2.25. The van der Waals surface area contributed by atoms with Crippen LogP contribution < -0.4 is 0 Å². The molecule has 0 aliphatic carbocycles. The predicted octanol–water partition coefficient (Wildman–Crippen LogP) is 3.47. The van der Waals surface area contributed by atoms with E-state index in [0.717, 1.165) is 6.42 Å². The van der Waals surface area contributed by atoms with Crippen molar-refractivity contribution in [2.75, 3.05) is 6.61 Å². The first kappa shape index (κ1) is 14.3. The number of ether oxygens (including phenoxy) is 1. The van der Waals surface area contributed by atoms with Crippen LogP contribution in [-0.2, 0) is 8.92 Å². The van der Waals surface area contributed by atoms with Crippen molar-refractivity contribution in [1.82, 2.24) is 0 Å². The van der Waals surface area contributed by atoms with Crippen LogP contribution in [0.15, 0.2) is 0 Å². The Hall–Kier alpha value is 0.270. The SMILES string of the molecule is CC(C)CC(C)(C)OCC(C)(C)OS. The molecule has 14 heavy (non-hydrogen) atoms. The summed E-state index contributed by atoms with van der Waals surface area (Å²) in [5.41, 5.74) is -0.408. The summed E-state index contributed by atoms with van der Waals surface area (Å²) < 4.78 is 10.8. The maximum atomic E-state index is 5.82. The highest BCUT2D eigenvalue weighted by Crippen LogP contribution is 2.23. The minimum absolute atomic E-state index is 0.0856. The van der Waals surface area contributed by atoms with Crippen molar-refractivity contribution in [3.63, 3.8) is 0 Å². The Morgan fingerprint density at radius 1 is 1.07 bits per heavy atom. The van der Waals surface area contributed by atoms with Gasteiger partial charge in [0.25, 0.3) is 0 Å². The van der Waals surface area contributed by atoms with Crippen molar-refractivity contribution < 1.29 is 8.92 Å². The first-order valence-corrected chi connectivity index (χ1v) is 5.51. The van der Waals surface area contributed by atoms with Gasteiger partial charge >= 0.3 is 0 Å². The van der Waals surface area contributed by atoms with E-state index in [0.29, 0.717) is 12.5 Å². The first-order valence-electron chi connectivity index (χ1n) is 5.15. The molecule has 2 nitrogen and oxygen atoms in total. The average Bonchev–Trinajstić information content (AvgIpc) is 1.99. The molecule has 0 heterocycles. The van der Waals surface area contributed by atoms with E-state index in [-0.39, 0.29) is 11.2 Å². The quantitative estimate of drug-likeness (QED) is 0.546. The standard InChI is InChI=1S/C11H24O2S/c1-9(2)7-10(3,4)12-8-11(5,6)13-14/h9,14H,7-8H2,1-6H3. The molecule has 0 atom stereocenters. The second kappa shape index (κ2) is 5.38. The summed E-state index contributed by atoms with van der Waals surface area (Å²) in [4.78, 5) is 0. The summed E-state index contributed by atoms with van der Waals surface area (Å²) in [5.74, 6) is 0.644. The van der Waals surface area contributed by atoms with Crippen molar-refractivity contribution >= 4 is 12.9 Å². The van der Waals surface area contributed by atoms with Gasteiger partial charge in [-0.2, -0.15) is 0 Å². The molecular weight excluding hydrogens is 196 g/mol. The molecule has 0 aromatic carbocycles. The van der Waals surface area contributed by atoms with Gasteiger partial charge in [-0.1, -0.05) is 13.8 Å². The molecule has 0 fully saturated rings. The Bertz CT molecular complexity index is 165. The number of hydrogen-bond donors (Lipinski definition) is 1. The fourth-order valence-corrected chi connectivity index (χ4v) is 1.49. The summed E-state index contributed by atoms with van der Waals surface area (Å²) in [6.07, 6.45) is 1.05. The third kappa shape index (κ3) is 6.68. The van der Waals surface area contributed by atoms with Crippen LogP contribution in [0, 0.1) is 5.92 Å². The van der Waals surface area contributed by atoms with Crippen LogP contribution in [0.5, 0.6) is 0 Å². The van der Waals surface area contributed by atoms with Crippen molar-refractivity contribution in [3.05, 3.63) is 0 Å². The molecule has 0 bridgehead atoms. The lowest BCUT2D eigenvalue weighted by Crippen LogP contribution is -2.35. The minimum Gasteiger partial charge on any atom is -0.373 e. The largest absolute Gasteiger partial charge is 0.373 e. The molecule has 0 aliphatic heterocycles. The molecular formula is C11H24O2S. The molecule has 0 unspecified atom stereocenters. The zero-order valence-corrected chi connectivity index (χ0v) is 11.1. The Labute approximate surface area is 94.0 Å². The van der Waals surface area contributed by atoms with Gasteiger partial charge in [0, 0.05) is 0 Å². The molecule has 0 amide bonds. The van der Waals surface area contributed by atoms with E-state index in [2.05, 4.69) is 40.6 Å². The third-order valence-electron chi connectivity index (χ3n) is 1.96. The topological polar surface area (TPSA) is 18.5 Å². The monoisotopic (exact) mass is 220 g/mol. The van der Waals surface area contributed by atoms with Gasteiger partial charge in [0.15, 0.2) is 0 Å². The van der Waals surface area contributed by atoms with E-state index >= 15 is 0 Å². The second-order valence-electron chi connectivity index (χ2n) is 5.50. The summed E-state index contributed by atoms with van der Waals surface area (Å²) in [6.45, 7) is 13.1. The Morgan fingerprint density at radius 2 is 1.57 bits per heavy atom.